The third-order valence-corrected chi connectivity index (χ3v) is 6.05. The van der Waals surface area contributed by atoms with Crippen molar-refractivity contribution in [2.75, 3.05) is 11.9 Å². The summed E-state index contributed by atoms with van der Waals surface area (Å²) in [7, 11) is 1.88. The third kappa shape index (κ3) is 4.09. The van der Waals surface area contributed by atoms with Gasteiger partial charge in [0.1, 0.15) is 5.82 Å². The van der Waals surface area contributed by atoms with Gasteiger partial charge in [0, 0.05) is 60.3 Å². The highest BCUT2D eigenvalue weighted by atomic mass is 16.1. The normalized spacial score (nSPS) is 16.8. The minimum atomic E-state index is -0.178. The van der Waals surface area contributed by atoms with E-state index in [1.165, 1.54) is 18.5 Å². The first-order valence-corrected chi connectivity index (χ1v) is 10.7. The van der Waals surface area contributed by atoms with E-state index in [-0.39, 0.29) is 5.91 Å². The van der Waals surface area contributed by atoms with Crippen LogP contribution in [0.25, 0.3) is 22.0 Å². The van der Waals surface area contributed by atoms with Gasteiger partial charge in [-0.1, -0.05) is 12.1 Å². The number of amides is 1. The minimum absolute atomic E-state index is 0.178. The molecule has 0 radical (unpaired) electrons. The van der Waals surface area contributed by atoms with E-state index >= 15 is 0 Å². The predicted molar refractivity (Wildman–Crippen MR) is 122 cm³/mol. The molecule has 3 aromatic heterocycles. The summed E-state index contributed by atoms with van der Waals surface area (Å²) >= 11 is 0. The number of likely N-dealkylation sites (tertiary alicyclic amines) is 1. The van der Waals surface area contributed by atoms with E-state index in [4.69, 9.17) is 0 Å². The zero-order valence-electron chi connectivity index (χ0n) is 17.8. The number of pyridine rings is 1. The van der Waals surface area contributed by atoms with Crippen molar-refractivity contribution in [2.24, 2.45) is 7.05 Å². The molecule has 7 nitrogen and oxygen atoms in total. The Morgan fingerprint density at radius 1 is 1.19 bits per heavy atom. The Balaban J connectivity index is 1.28. The van der Waals surface area contributed by atoms with Crippen LogP contribution in [0.2, 0.25) is 0 Å². The molecular weight excluding hydrogens is 388 g/mol. The number of H-pyrrole nitrogens is 1. The van der Waals surface area contributed by atoms with Crippen LogP contribution in [0.3, 0.4) is 0 Å². The van der Waals surface area contributed by atoms with Crippen LogP contribution in [0, 0.1) is 0 Å². The average molecular weight is 415 g/mol. The van der Waals surface area contributed by atoms with Crippen LogP contribution in [-0.2, 0) is 13.6 Å². The summed E-state index contributed by atoms with van der Waals surface area (Å²) in [5.74, 6) is 0.360. The number of aryl methyl sites for hydroxylation is 1. The first-order valence-electron chi connectivity index (χ1n) is 10.7. The molecule has 0 spiro atoms. The predicted octanol–water partition coefficient (Wildman–Crippen LogP) is 4.20. The molecule has 1 aliphatic rings. The second-order valence-corrected chi connectivity index (χ2v) is 8.35. The Bertz CT molecular complexity index is 1220. The summed E-state index contributed by atoms with van der Waals surface area (Å²) in [6.45, 7) is 4.35. The molecule has 158 valence electrons. The van der Waals surface area contributed by atoms with Crippen LogP contribution >= 0.6 is 0 Å². The third-order valence-electron chi connectivity index (χ3n) is 6.05. The molecule has 1 atom stereocenters. The molecule has 2 N–H and O–H groups in total. The Hall–Kier alpha value is -3.45. The molecule has 1 aromatic carbocycles. The fourth-order valence-electron chi connectivity index (χ4n) is 4.26. The molecular formula is C24H26N6O. The highest BCUT2D eigenvalue weighted by molar-refractivity contribution is 6.04. The Kier molecular flexibility index (Phi) is 5.03. The molecule has 1 fully saturated rings. The summed E-state index contributed by atoms with van der Waals surface area (Å²) in [5.41, 5.74) is 4.80. The fraction of sp³-hybridized carbons (Fsp3) is 0.292. The van der Waals surface area contributed by atoms with Crippen molar-refractivity contribution >= 4 is 22.6 Å². The number of aromatic nitrogens is 4. The molecule has 5 rings (SSSR count). The highest BCUT2D eigenvalue weighted by Gasteiger charge is 2.20. The number of carbonyl (C=O) groups excluding carboxylic acids is 1. The maximum absolute atomic E-state index is 12.7. The van der Waals surface area contributed by atoms with E-state index < -0.39 is 0 Å². The lowest BCUT2D eigenvalue weighted by Crippen LogP contribution is -2.26. The number of aromatic amines is 1. The van der Waals surface area contributed by atoms with Gasteiger partial charge in [-0.25, -0.2) is 4.98 Å². The topological polar surface area (TPSA) is 78.8 Å². The molecule has 1 amide bonds. The van der Waals surface area contributed by atoms with E-state index in [1.54, 1.807) is 4.68 Å². The standard InChI is InChI=1S/C24H26N6O/c1-16-4-3-9-30(16)15-21-10-19-12-25-23(11-22(19)27-21)28-24(31)18-7-5-17(6-8-18)20-13-26-29(2)14-20/h5-8,10-14,16,27H,3-4,9,15H2,1-2H3,(H,25,28,31)/t16-/m0/s1. The minimum Gasteiger partial charge on any atom is -0.357 e. The van der Waals surface area contributed by atoms with Crippen LogP contribution in [0.15, 0.2) is 55.0 Å². The van der Waals surface area contributed by atoms with Gasteiger partial charge < -0.3 is 10.3 Å². The number of hydrogen-bond acceptors (Lipinski definition) is 4. The van der Waals surface area contributed by atoms with Crippen LogP contribution in [0.1, 0.15) is 35.8 Å². The van der Waals surface area contributed by atoms with E-state index in [0.717, 1.165) is 35.1 Å². The van der Waals surface area contributed by atoms with Gasteiger partial charge >= 0.3 is 0 Å². The SMILES string of the molecule is C[C@H]1CCCN1Cc1cc2cnc(NC(=O)c3ccc(-c4cnn(C)c4)cc3)cc2[nH]1. The number of fused-ring (bicyclic) bond motifs is 1. The molecule has 1 saturated heterocycles. The van der Waals surface area contributed by atoms with E-state index in [9.17, 15) is 4.79 Å². The first-order chi connectivity index (χ1) is 15.0. The van der Waals surface area contributed by atoms with Crippen molar-refractivity contribution in [1.29, 1.82) is 0 Å². The van der Waals surface area contributed by atoms with Crippen molar-refractivity contribution in [1.82, 2.24) is 24.6 Å². The second kappa shape index (κ2) is 8.00. The van der Waals surface area contributed by atoms with Gasteiger partial charge in [-0.15, -0.1) is 0 Å². The van der Waals surface area contributed by atoms with Gasteiger partial charge in [0.2, 0.25) is 0 Å². The number of nitrogens with zero attached hydrogens (tertiary/aromatic N) is 4. The molecule has 4 heterocycles. The lowest BCUT2D eigenvalue weighted by atomic mass is 10.1. The lowest BCUT2D eigenvalue weighted by Gasteiger charge is -2.19. The van der Waals surface area contributed by atoms with Gasteiger partial charge in [-0.2, -0.15) is 5.10 Å². The summed E-state index contributed by atoms with van der Waals surface area (Å²) in [5, 5.41) is 8.15. The van der Waals surface area contributed by atoms with Gasteiger partial charge in [0.25, 0.3) is 5.91 Å². The molecule has 1 aliphatic heterocycles. The summed E-state index contributed by atoms with van der Waals surface area (Å²) in [4.78, 5) is 23.1. The summed E-state index contributed by atoms with van der Waals surface area (Å²) in [6.07, 6.45) is 8.10. The van der Waals surface area contributed by atoms with Crippen LogP contribution in [-0.4, -0.2) is 43.1 Å². The number of benzene rings is 1. The van der Waals surface area contributed by atoms with Crippen molar-refractivity contribution in [3.63, 3.8) is 0 Å². The zero-order valence-corrected chi connectivity index (χ0v) is 17.8. The molecule has 7 heteroatoms. The molecule has 31 heavy (non-hydrogen) atoms. The van der Waals surface area contributed by atoms with Crippen LogP contribution in [0.4, 0.5) is 5.82 Å². The number of carbonyl (C=O) groups is 1. The highest BCUT2D eigenvalue weighted by Crippen LogP contribution is 2.23. The molecule has 0 bridgehead atoms. The Morgan fingerprint density at radius 2 is 2.03 bits per heavy atom. The Morgan fingerprint density at radius 3 is 2.74 bits per heavy atom. The monoisotopic (exact) mass is 414 g/mol. The van der Waals surface area contributed by atoms with E-state index in [0.29, 0.717) is 17.4 Å². The maximum Gasteiger partial charge on any atom is 0.256 e. The van der Waals surface area contributed by atoms with Crippen molar-refractivity contribution in [3.05, 3.63) is 66.2 Å². The average Bonchev–Trinajstić information content (AvgIpc) is 3.48. The van der Waals surface area contributed by atoms with Crippen LogP contribution < -0.4 is 5.32 Å². The number of hydrogen-bond donors (Lipinski definition) is 2. The first kappa shape index (κ1) is 19.5. The summed E-state index contributed by atoms with van der Waals surface area (Å²) < 4.78 is 1.76. The van der Waals surface area contributed by atoms with E-state index in [2.05, 4.69) is 38.3 Å². The fourth-order valence-corrected chi connectivity index (χ4v) is 4.26. The molecule has 0 aliphatic carbocycles. The molecule has 4 aromatic rings. The van der Waals surface area contributed by atoms with Crippen molar-refractivity contribution in [3.8, 4) is 11.1 Å². The van der Waals surface area contributed by atoms with E-state index in [1.807, 2.05) is 56.0 Å². The summed E-state index contributed by atoms with van der Waals surface area (Å²) in [6, 6.07) is 12.2. The van der Waals surface area contributed by atoms with Crippen molar-refractivity contribution in [2.45, 2.75) is 32.4 Å². The number of nitrogens with one attached hydrogen (secondary N) is 2. The molecule has 0 unspecified atom stereocenters. The zero-order chi connectivity index (χ0) is 21.4. The largest absolute Gasteiger partial charge is 0.357 e. The molecule has 0 saturated carbocycles. The second-order valence-electron chi connectivity index (χ2n) is 8.35. The number of anilines is 1. The maximum atomic E-state index is 12.7. The number of rotatable bonds is 5. The van der Waals surface area contributed by atoms with Gasteiger partial charge in [0.15, 0.2) is 0 Å². The smallest absolute Gasteiger partial charge is 0.256 e. The quantitative estimate of drug-likeness (QED) is 0.513. The van der Waals surface area contributed by atoms with Gasteiger partial charge in [-0.3, -0.25) is 14.4 Å². The van der Waals surface area contributed by atoms with Gasteiger partial charge in [-0.05, 0) is 50.1 Å². The lowest BCUT2D eigenvalue weighted by molar-refractivity contribution is 0.102. The Labute approximate surface area is 181 Å². The van der Waals surface area contributed by atoms with Crippen molar-refractivity contribution < 1.29 is 4.79 Å². The van der Waals surface area contributed by atoms with Gasteiger partial charge in [0.05, 0.1) is 11.7 Å². The van der Waals surface area contributed by atoms with Crippen LogP contribution in [0.5, 0.6) is 0 Å².